The number of anilines is 1. The highest BCUT2D eigenvalue weighted by Gasteiger charge is 2.53. The van der Waals surface area contributed by atoms with Crippen LogP contribution < -0.4 is 5.32 Å². The average molecular weight is 311 g/mol. The quantitative estimate of drug-likeness (QED) is 0.752. The van der Waals surface area contributed by atoms with Crippen LogP contribution in [0.1, 0.15) is 39.7 Å². The molecule has 1 spiro atoms. The van der Waals surface area contributed by atoms with E-state index in [-0.39, 0.29) is 5.91 Å². The van der Waals surface area contributed by atoms with Gasteiger partial charge < -0.3 is 10.1 Å². The van der Waals surface area contributed by atoms with Crippen molar-refractivity contribution in [1.29, 1.82) is 0 Å². The standard InChI is InChI=1S/C16H13NO2.2C2H6/c18-15-16(11-6-4-5-8-13(11)17-15)10-19-14-9-3-1-2-7-12(14)16;2*1-2/h2-9H,1,10H2,(H,17,18);2*1-2H3/t16-;;/m0../s1. The molecular weight excluding hydrogens is 286 g/mol. The number of nitrogens with one attached hydrogen (secondary N) is 1. The summed E-state index contributed by atoms with van der Waals surface area (Å²) in [4.78, 5) is 12.5. The fraction of sp³-hybridized carbons (Fsp3) is 0.350. The summed E-state index contributed by atoms with van der Waals surface area (Å²) < 4.78 is 5.78. The number of ether oxygens (including phenoxy) is 1. The molecule has 0 unspecified atom stereocenters. The topological polar surface area (TPSA) is 38.3 Å². The van der Waals surface area contributed by atoms with Gasteiger partial charge in [-0.15, -0.1) is 0 Å². The number of rotatable bonds is 0. The fourth-order valence-electron chi connectivity index (χ4n) is 3.08. The van der Waals surface area contributed by atoms with Gasteiger partial charge in [0, 0.05) is 11.3 Å². The van der Waals surface area contributed by atoms with Crippen molar-refractivity contribution < 1.29 is 9.53 Å². The van der Waals surface area contributed by atoms with Gasteiger partial charge in [-0.05, 0) is 24.1 Å². The zero-order valence-corrected chi connectivity index (χ0v) is 14.3. The van der Waals surface area contributed by atoms with Crippen LogP contribution in [0, 0.1) is 0 Å². The molecule has 2 aliphatic heterocycles. The molecule has 0 bridgehead atoms. The smallest absolute Gasteiger partial charge is 0.243 e. The molecule has 0 radical (unpaired) electrons. The Bertz CT molecular complexity index is 670. The number of allylic oxidation sites excluding steroid dienone is 4. The third kappa shape index (κ3) is 2.61. The molecule has 2 heterocycles. The van der Waals surface area contributed by atoms with E-state index in [0.717, 1.165) is 29.0 Å². The first-order valence-electron chi connectivity index (χ1n) is 8.44. The maximum absolute atomic E-state index is 12.5. The lowest BCUT2D eigenvalue weighted by Gasteiger charge is -2.21. The number of benzene rings is 1. The van der Waals surface area contributed by atoms with Crippen LogP contribution in [0.2, 0.25) is 0 Å². The lowest BCUT2D eigenvalue weighted by atomic mass is 9.76. The van der Waals surface area contributed by atoms with Crippen molar-refractivity contribution in [3.05, 3.63) is 65.5 Å². The van der Waals surface area contributed by atoms with E-state index in [1.54, 1.807) is 0 Å². The van der Waals surface area contributed by atoms with Crippen molar-refractivity contribution in [3.8, 4) is 0 Å². The number of hydrogen-bond donors (Lipinski definition) is 1. The van der Waals surface area contributed by atoms with Crippen LogP contribution in [0.15, 0.2) is 59.9 Å². The highest BCUT2D eigenvalue weighted by atomic mass is 16.5. The van der Waals surface area contributed by atoms with Crippen molar-refractivity contribution >= 4 is 11.6 Å². The molecule has 23 heavy (non-hydrogen) atoms. The van der Waals surface area contributed by atoms with Gasteiger partial charge in [-0.1, -0.05) is 64.1 Å². The second kappa shape index (κ2) is 7.32. The molecule has 1 N–H and O–H groups in total. The minimum Gasteiger partial charge on any atom is -0.491 e. The summed E-state index contributed by atoms with van der Waals surface area (Å²) in [6.07, 6.45) is 9.00. The molecule has 1 aromatic rings. The van der Waals surface area contributed by atoms with Gasteiger partial charge in [0.15, 0.2) is 0 Å². The second-order valence-corrected chi connectivity index (χ2v) is 5.01. The SMILES string of the molecule is CC.CC.O=C1Nc2ccccc2[C@]12COC1=C2C=CCC=C1. The van der Waals surface area contributed by atoms with Crippen molar-refractivity contribution in [1.82, 2.24) is 0 Å². The average Bonchev–Trinajstić information content (AvgIpc) is 3.00. The van der Waals surface area contributed by atoms with Gasteiger partial charge in [0.2, 0.25) is 5.91 Å². The molecule has 3 aliphatic rings. The third-order valence-corrected chi connectivity index (χ3v) is 4.02. The molecule has 1 aromatic carbocycles. The van der Waals surface area contributed by atoms with Crippen molar-refractivity contribution in [2.45, 2.75) is 39.5 Å². The minimum absolute atomic E-state index is 0.0126. The summed E-state index contributed by atoms with van der Waals surface area (Å²) >= 11 is 0. The molecule has 1 aliphatic carbocycles. The van der Waals surface area contributed by atoms with Gasteiger partial charge in [-0.2, -0.15) is 0 Å². The largest absolute Gasteiger partial charge is 0.491 e. The number of fused-ring (bicyclic) bond motifs is 3. The predicted octanol–water partition coefficient (Wildman–Crippen LogP) is 4.73. The molecule has 3 heteroatoms. The van der Waals surface area contributed by atoms with Crippen molar-refractivity contribution in [2.24, 2.45) is 0 Å². The van der Waals surface area contributed by atoms with Gasteiger partial charge >= 0.3 is 0 Å². The number of para-hydroxylation sites is 1. The summed E-state index contributed by atoms with van der Waals surface area (Å²) in [5.41, 5.74) is 2.22. The van der Waals surface area contributed by atoms with Crippen molar-refractivity contribution in [3.63, 3.8) is 0 Å². The minimum atomic E-state index is -0.670. The van der Waals surface area contributed by atoms with Crippen LogP contribution in [0.5, 0.6) is 0 Å². The predicted molar refractivity (Wildman–Crippen MR) is 95.3 cm³/mol. The van der Waals surface area contributed by atoms with E-state index < -0.39 is 5.41 Å². The molecular formula is C20H25NO2. The molecule has 3 nitrogen and oxygen atoms in total. The molecule has 4 rings (SSSR count). The Labute approximate surface area is 138 Å². The van der Waals surface area contributed by atoms with E-state index in [0.29, 0.717) is 6.61 Å². The zero-order chi connectivity index (χ0) is 16.9. The Kier molecular flexibility index (Phi) is 5.43. The number of amides is 1. The van der Waals surface area contributed by atoms with E-state index in [2.05, 4.69) is 17.5 Å². The normalized spacial score (nSPS) is 22.9. The highest BCUT2D eigenvalue weighted by molar-refractivity contribution is 6.09. The first kappa shape index (κ1) is 17.1. The van der Waals surface area contributed by atoms with Crippen LogP contribution >= 0.6 is 0 Å². The lowest BCUT2D eigenvalue weighted by molar-refractivity contribution is -0.120. The molecule has 1 amide bonds. The second-order valence-electron chi connectivity index (χ2n) is 5.01. The first-order chi connectivity index (χ1) is 11.3. The highest BCUT2D eigenvalue weighted by Crippen LogP contribution is 2.49. The molecule has 0 fully saturated rings. The Morgan fingerprint density at radius 3 is 2.52 bits per heavy atom. The number of hydrogen-bond acceptors (Lipinski definition) is 2. The lowest BCUT2D eigenvalue weighted by Crippen LogP contribution is -2.37. The zero-order valence-electron chi connectivity index (χ0n) is 14.3. The van der Waals surface area contributed by atoms with E-state index in [1.807, 2.05) is 64.1 Å². The van der Waals surface area contributed by atoms with Gasteiger partial charge in [-0.25, -0.2) is 0 Å². The van der Waals surface area contributed by atoms with Crippen LogP contribution in [0.25, 0.3) is 0 Å². The first-order valence-corrected chi connectivity index (χ1v) is 8.44. The summed E-state index contributed by atoms with van der Waals surface area (Å²) in [7, 11) is 0. The Balaban J connectivity index is 0.000000448. The maximum atomic E-state index is 12.5. The molecule has 122 valence electrons. The summed E-state index contributed by atoms with van der Waals surface area (Å²) in [5, 5.41) is 2.97. The monoisotopic (exact) mass is 311 g/mol. The summed E-state index contributed by atoms with van der Waals surface area (Å²) in [6.45, 7) is 8.38. The fourth-order valence-corrected chi connectivity index (χ4v) is 3.08. The molecule has 0 aromatic heterocycles. The Morgan fingerprint density at radius 1 is 1.04 bits per heavy atom. The molecule has 1 atom stereocenters. The Hall–Kier alpha value is -2.29. The maximum Gasteiger partial charge on any atom is 0.243 e. The number of carbonyl (C=O) groups is 1. The van der Waals surface area contributed by atoms with Crippen LogP contribution in [0.3, 0.4) is 0 Å². The van der Waals surface area contributed by atoms with E-state index >= 15 is 0 Å². The third-order valence-electron chi connectivity index (χ3n) is 4.02. The molecule has 0 saturated heterocycles. The van der Waals surface area contributed by atoms with Gasteiger partial charge in [-0.3, -0.25) is 4.79 Å². The van der Waals surface area contributed by atoms with Gasteiger partial charge in [0.25, 0.3) is 0 Å². The number of carbonyl (C=O) groups excluding carboxylic acids is 1. The van der Waals surface area contributed by atoms with Crippen LogP contribution in [-0.4, -0.2) is 12.5 Å². The van der Waals surface area contributed by atoms with Gasteiger partial charge in [0.05, 0.1) is 0 Å². The van der Waals surface area contributed by atoms with Crippen LogP contribution in [-0.2, 0) is 14.9 Å². The van der Waals surface area contributed by atoms with Crippen molar-refractivity contribution in [2.75, 3.05) is 11.9 Å². The van der Waals surface area contributed by atoms with Crippen LogP contribution in [0.4, 0.5) is 5.69 Å². The van der Waals surface area contributed by atoms with E-state index in [1.165, 1.54) is 0 Å². The Morgan fingerprint density at radius 2 is 1.74 bits per heavy atom. The van der Waals surface area contributed by atoms with Gasteiger partial charge in [0.1, 0.15) is 17.8 Å². The summed E-state index contributed by atoms with van der Waals surface area (Å²) in [6, 6.07) is 7.85. The van der Waals surface area contributed by atoms with E-state index in [9.17, 15) is 4.79 Å². The van der Waals surface area contributed by atoms with E-state index in [4.69, 9.17) is 4.74 Å². The molecule has 0 saturated carbocycles. The summed E-state index contributed by atoms with van der Waals surface area (Å²) in [5.74, 6) is 0.833.